The Morgan fingerprint density at radius 3 is 2.15 bits per heavy atom. The summed E-state index contributed by atoms with van der Waals surface area (Å²) in [6, 6.07) is 8.55. The maximum atomic E-state index is 12.6. The second-order valence-electron chi connectivity index (χ2n) is 8.87. The molecule has 4 fully saturated rings. The van der Waals surface area contributed by atoms with Crippen LogP contribution < -0.4 is 16.4 Å². The number of benzene rings is 1. The highest BCUT2D eigenvalue weighted by Gasteiger charge is 2.50. The molecule has 5 rings (SSSR count). The normalized spacial score (nSPS) is 32.8. The lowest BCUT2D eigenvalue weighted by Crippen LogP contribution is -2.51. The fraction of sp³-hybridized carbons (Fsp3) is 0.619. The van der Waals surface area contributed by atoms with Crippen LogP contribution in [-0.2, 0) is 4.79 Å². The van der Waals surface area contributed by atoms with Gasteiger partial charge < -0.3 is 16.4 Å². The molecule has 0 aliphatic heterocycles. The van der Waals surface area contributed by atoms with E-state index in [0.717, 1.165) is 29.9 Å². The van der Waals surface area contributed by atoms with Crippen molar-refractivity contribution in [1.29, 1.82) is 0 Å². The quantitative estimate of drug-likeness (QED) is 0.732. The van der Waals surface area contributed by atoms with E-state index in [4.69, 9.17) is 5.73 Å². The standard InChI is InChI=1S/C21H29N3O2/c22-20(26)24-18(17-4-2-1-3-5-17)9-19(25)23-13-21-10-14-6-15(11-21)8-16(7-14)12-21/h1-5,14-16,18H,6-13H2,(H,23,25)(H3,22,24,26)/t14?,15?,16?,18-,21?/m0/s1. The van der Waals surface area contributed by atoms with Crippen molar-refractivity contribution in [1.82, 2.24) is 10.6 Å². The van der Waals surface area contributed by atoms with Crippen molar-refractivity contribution in [3.8, 4) is 0 Å². The van der Waals surface area contributed by atoms with Crippen LogP contribution in [-0.4, -0.2) is 18.5 Å². The molecule has 0 aromatic heterocycles. The Kier molecular flexibility index (Phi) is 4.63. The molecule has 4 saturated carbocycles. The average Bonchev–Trinajstić information content (AvgIpc) is 2.59. The third-order valence-electron chi connectivity index (χ3n) is 6.73. The van der Waals surface area contributed by atoms with Crippen LogP contribution in [0.3, 0.4) is 0 Å². The largest absolute Gasteiger partial charge is 0.355 e. The minimum Gasteiger partial charge on any atom is -0.355 e. The van der Waals surface area contributed by atoms with Gasteiger partial charge in [-0.15, -0.1) is 0 Å². The van der Waals surface area contributed by atoms with E-state index in [-0.39, 0.29) is 18.4 Å². The van der Waals surface area contributed by atoms with E-state index >= 15 is 0 Å². The molecular formula is C21H29N3O2. The van der Waals surface area contributed by atoms with Crippen LogP contribution >= 0.6 is 0 Å². The topological polar surface area (TPSA) is 84.2 Å². The van der Waals surface area contributed by atoms with Crippen LogP contribution in [0.1, 0.15) is 56.6 Å². The Morgan fingerprint density at radius 2 is 1.62 bits per heavy atom. The van der Waals surface area contributed by atoms with Gasteiger partial charge in [-0.3, -0.25) is 4.79 Å². The second-order valence-corrected chi connectivity index (χ2v) is 8.87. The third kappa shape index (κ3) is 3.71. The van der Waals surface area contributed by atoms with Crippen molar-refractivity contribution in [2.24, 2.45) is 28.9 Å². The summed E-state index contributed by atoms with van der Waals surface area (Å²) >= 11 is 0. The van der Waals surface area contributed by atoms with Crippen LogP contribution in [0.25, 0.3) is 0 Å². The van der Waals surface area contributed by atoms with E-state index in [1.54, 1.807) is 0 Å². The maximum Gasteiger partial charge on any atom is 0.312 e. The smallest absolute Gasteiger partial charge is 0.312 e. The lowest BCUT2D eigenvalue weighted by atomic mass is 9.49. The summed E-state index contributed by atoms with van der Waals surface area (Å²) in [5, 5.41) is 5.88. The Balaban J connectivity index is 1.36. The highest BCUT2D eigenvalue weighted by Crippen LogP contribution is 2.59. The van der Waals surface area contributed by atoms with Gasteiger partial charge in [0.1, 0.15) is 0 Å². The van der Waals surface area contributed by atoms with Crippen LogP contribution in [0, 0.1) is 23.2 Å². The zero-order valence-corrected chi connectivity index (χ0v) is 15.2. The van der Waals surface area contributed by atoms with E-state index in [1.807, 2.05) is 30.3 Å². The van der Waals surface area contributed by atoms with Crippen LogP contribution in [0.2, 0.25) is 0 Å². The molecule has 1 aromatic carbocycles. The van der Waals surface area contributed by atoms with E-state index in [2.05, 4.69) is 10.6 Å². The Hall–Kier alpha value is -2.04. The fourth-order valence-electron chi connectivity index (χ4n) is 6.16. The molecule has 4 aliphatic rings. The van der Waals surface area contributed by atoms with Gasteiger partial charge in [-0.2, -0.15) is 0 Å². The van der Waals surface area contributed by atoms with E-state index in [9.17, 15) is 9.59 Å². The fourth-order valence-corrected chi connectivity index (χ4v) is 6.16. The van der Waals surface area contributed by atoms with E-state index in [0.29, 0.717) is 5.41 Å². The molecule has 0 spiro atoms. The van der Waals surface area contributed by atoms with Crippen LogP contribution in [0.4, 0.5) is 4.79 Å². The van der Waals surface area contributed by atoms with Gasteiger partial charge in [0.25, 0.3) is 0 Å². The molecular weight excluding hydrogens is 326 g/mol. The number of carbonyl (C=O) groups is 2. The number of amides is 3. The second kappa shape index (κ2) is 6.93. The minimum atomic E-state index is -0.604. The van der Waals surface area contributed by atoms with E-state index in [1.165, 1.54) is 38.5 Å². The summed E-state index contributed by atoms with van der Waals surface area (Å²) in [5.74, 6) is 2.63. The van der Waals surface area contributed by atoms with Gasteiger partial charge in [-0.1, -0.05) is 30.3 Å². The van der Waals surface area contributed by atoms with Crippen molar-refractivity contribution in [2.75, 3.05) is 6.54 Å². The Morgan fingerprint density at radius 1 is 1.04 bits per heavy atom. The number of urea groups is 1. The predicted octanol–water partition coefficient (Wildman–Crippen LogP) is 3.12. The summed E-state index contributed by atoms with van der Waals surface area (Å²) in [5.41, 5.74) is 6.52. The summed E-state index contributed by atoms with van der Waals surface area (Å²) < 4.78 is 0. The molecule has 26 heavy (non-hydrogen) atoms. The summed E-state index contributed by atoms with van der Waals surface area (Å²) in [6.07, 6.45) is 8.28. The zero-order chi connectivity index (χ0) is 18.1. The molecule has 5 heteroatoms. The average molecular weight is 355 g/mol. The van der Waals surface area contributed by atoms with Gasteiger partial charge in [-0.05, 0) is 67.3 Å². The number of hydrogen-bond donors (Lipinski definition) is 3. The van der Waals surface area contributed by atoms with Gasteiger partial charge in [0, 0.05) is 6.54 Å². The van der Waals surface area contributed by atoms with Gasteiger partial charge in [0.15, 0.2) is 0 Å². The number of hydrogen-bond acceptors (Lipinski definition) is 2. The number of nitrogens with one attached hydrogen (secondary N) is 2. The highest BCUT2D eigenvalue weighted by atomic mass is 16.2. The zero-order valence-electron chi connectivity index (χ0n) is 15.2. The number of primary amides is 1. The molecule has 1 atom stereocenters. The molecule has 4 bridgehead atoms. The molecule has 3 amide bonds. The van der Waals surface area contributed by atoms with Crippen LogP contribution in [0.15, 0.2) is 30.3 Å². The van der Waals surface area contributed by atoms with E-state index < -0.39 is 6.03 Å². The Bertz CT molecular complexity index is 638. The van der Waals surface area contributed by atoms with Crippen molar-refractivity contribution in [3.05, 3.63) is 35.9 Å². The van der Waals surface area contributed by atoms with Crippen molar-refractivity contribution < 1.29 is 9.59 Å². The van der Waals surface area contributed by atoms with Gasteiger partial charge >= 0.3 is 6.03 Å². The summed E-state index contributed by atoms with van der Waals surface area (Å²) in [4.78, 5) is 23.9. The van der Waals surface area contributed by atoms with Crippen molar-refractivity contribution in [3.63, 3.8) is 0 Å². The summed E-state index contributed by atoms with van der Waals surface area (Å²) in [6.45, 7) is 0.785. The lowest BCUT2D eigenvalue weighted by molar-refractivity contribution is -0.123. The first kappa shape index (κ1) is 17.4. The van der Waals surface area contributed by atoms with Gasteiger partial charge in [0.2, 0.25) is 5.91 Å². The number of rotatable bonds is 6. The first-order valence-electron chi connectivity index (χ1n) is 9.89. The molecule has 0 heterocycles. The first-order valence-corrected chi connectivity index (χ1v) is 9.89. The number of nitrogens with two attached hydrogens (primary N) is 1. The highest BCUT2D eigenvalue weighted by molar-refractivity contribution is 5.78. The molecule has 0 saturated heterocycles. The van der Waals surface area contributed by atoms with Crippen LogP contribution in [0.5, 0.6) is 0 Å². The monoisotopic (exact) mass is 355 g/mol. The third-order valence-corrected chi connectivity index (χ3v) is 6.73. The maximum absolute atomic E-state index is 12.6. The molecule has 0 radical (unpaired) electrons. The number of carbonyl (C=O) groups excluding carboxylic acids is 2. The van der Waals surface area contributed by atoms with Gasteiger partial charge in [-0.25, -0.2) is 4.79 Å². The predicted molar refractivity (Wildman–Crippen MR) is 100 cm³/mol. The molecule has 140 valence electrons. The molecule has 1 aromatic rings. The van der Waals surface area contributed by atoms with Crippen molar-refractivity contribution >= 4 is 11.9 Å². The van der Waals surface area contributed by atoms with Crippen molar-refractivity contribution in [2.45, 2.75) is 51.0 Å². The molecule has 5 nitrogen and oxygen atoms in total. The molecule has 0 unspecified atom stereocenters. The first-order chi connectivity index (χ1) is 12.5. The molecule has 4 aliphatic carbocycles. The molecule has 4 N–H and O–H groups in total. The summed E-state index contributed by atoms with van der Waals surface area (Å²) in [7, 11) is 0. The van der Waals surface area contributed by atoms with Gasteiger partial charge in [0.05, 0.1) is 12.5 Å². The minimum absolute atomic E-state index is 0.0108. The SMILES string of the molecule is NC(=O)N[C@@H](CC(=O)NCC12CC3CC(CC(C3)C1)C2)c1ccccc1. The Labute approximate surface area is 155 Å². The lowest BCUT2D eigenvalue weighted by Gasteiger charge is -2.56.